The second-order valence-electron chi connectivity index (χ2n) is 3.71. The number of hydrogen-bond donors (Lipinski definition) is 2. The van der Waals surface area contributed by atoms with E-state index in [1.165, 1.54) is 0 Å². The Kier molecular flexibility index (Phi) is 4.90. The summed E-state index contributed by atoms with van der Waals surface area (Å²) in [4.78, 5) is 11.4. The van der Waals surface area contributed by atoms with Crippen molar-refractivity contribution >= 4 is 5.91 Å². The molecule has 0 saturated carbocycles. The van der Waals surface area contributed by atoms with Gasteiger partial charge < -0.3 is 15.4 Å². The first-order valence-electron chi connectivity index (χ1n) is 5.30. The molecule has 2 N–H and O–H groups in total. The molecule has 0 aromatic carbocycles. The Morgan fingerprint density at radius 2 is 2.36 bits per heavy atom. The average Bonchev–Trinajstić information content (AvgIpc) is 2.62. The highest BCUT2D eigenvalue weighted by molar-refractivity contribution is 5.76. The van der Waals surface area contributed by atoms with Crippen molar-refractivity contribution in [3.63, 3.8) is 0 Å². The molecule has 1 heterocycles. The van der Waals surface area contributed by atoms with E-state index in [0.29, 0.717) is 6.42 Å². The van der Waals surface area contributed by atoms with Crippen LogP contribution in [0.1, 0.15) is 26.2 Å². The lowest BCUT2D eigenvalue weighted by atomic mass is 10.2. The minimum atomic E-state index is 0.126. The second kappa shape index (κ2) is 5.98. The van der Waals surface area contributed by atoms with Crippen molar-refractivity contribution in [3.8, 4) is 0 Å². The molecule has 1 rings (SSSR count). The third-order valence-corrected chi connectivity index (χ3v) is 2.57. The molecular formula is C10H20N2O2. The molecule has 2 atom stereocenters. The fraction of sp³-hybridized carbons (Fsp3) is 0.900. The molecule has 0 bridgehead atoms. The van der Waals surface area contributed by atoms with Crippen molar-refractivity contribution in [3.05, 3.63) is 0 Å². The van der Waals surface area contributed by atoms with Crippen LogP contribution in [0.4, 0.5) is 0 Å². The van der Waals surface area contributed by atoms with Crippen LogP contribution in [-0.4, -0.2) is 38.3 Å². The van der Waals surface area contributed by atoms with Crippen molar-refractivity contribution in [1.29, 1.82) is 0 Å². The van der Waals surface area contributed by atoms with Crippen LogP contribution in [0.5, 0.6) is 0 Å². The smallest absolute Gasteiger partial charge is 0.220 e. The normalized spacial score (nSPS) is 26.4. The van der Waals surface area contributed by atoms with Gasteiger partial charge in [0.15, 0.2) is 0 Å². The number of hydrogen-bond acceptors (Lipinski definition) is 3. The van der Waals surface area contributed by atoms with Crippen LogP contribution in [0.25, 0.3) is 0 Å². The lowest BCUT2D eigenvalue weighted by Crippen LogP contribution is -2.43. The van der Waals surface area contributed by atoms with E-state index in [9.17, 15) is 4.79 Å². The summed E-state index contributed by atoms with van der Waals surface area (Å²) in [6.45, 7) is 3.73. The quantitative estimate of drug-likeness (QED) is 0.670. The van der Waals surface area contributed by atoms with Gasteiger partial charge in [-0.15, -0.1) is 0 Å². The molecule has 82 valence electrons. The van der Waals surface area contributed by atoms with Gasteiger partial charge in [0.1, 0.15) is 0 Å². The van der Waals surface area contributed by atoms with Crippen molar-refractivity contribution in [2.24, 2.45) is 0 Å². The molecule has 1 aliphatic heterocycles. The van der Waals surface area contributed by atoms with E-state index in [-0.39, 0.29) is 18.1 Å². The molecule has 0 aromatic rings. The van der Waals surface area contributed by atoms with Gasteiger partial charge in [-0.2, -0.15) is 0 Å². The molecule has 4 heteroatoms. The Morgan fingerprint density at radius 1 is 1.57 bits per heavy atom. The van der Waals surface area contributed by atoms with Crippen LogP contribution in [-0.2, 0) is 9.53 Å². The molecule has 4 nitrogen and oxygen atoms in total. The summed E-state index contributed by atoms with van der Waals surface area (Å²) in [5, 5.41) is 6.18. The van der Waals surface area contributed by atoms with Gasteiger partial charge in [-0.3, -0.25) is 4.79 Å². The SMILES string of the molecule is CCCCC(=O)NC1CNC[C@@H]1OC. The monoisotopic (exact) mass is 200 g/mol. The maximum Gasteiger partial charge on any atom is 0.220 e. The van der Waals surface area contributed by atoms with Crippen LogP contribution in [0, 0.1) is 0 Å². The van der Waals surface area contributed by atoms with Crippen LogP contribution >= 0.6 is 0 Å². The maximum absolute atomic E-state index is 11.4. The molecule has 0 radical (unpaired) electrons. The zero-order valence-electron chi connectivity index (χ0n) is 9.01. The van der Waals surface area contributed by atoms with E-state index < -0.39 is 0 Å². The molecule has 1 amide bonds. The van der Waals surface area contributed by atoms with Crippen LogP contribution in [0.2, 0.25) is 0 Å². The van der Waals surface area contributed by atoms with E-state index in [1.54, 1.807) is 7.11 Å². The van der Waals surface area contributed by atoms with Gasteiger partial charge in [-0.05, 0) is 6.42 Å². The summed E-state index contributed by atoms with van der Waals surface area (Å²) in [6.07, 6.45) is 2.78. The minimum Gasteiger partial charge on any atom is -0.378 e. The summed E-state index contributed by atoms with van der Waals surface area (Å²) in [7, 11) is 1.68. The number of carbonyl (C=O) groups excluding carboxylic acids is 1. The zero-order valence-corrected chi connectivity index (χ0v) is 9.01. The molecule has 0 spiro atoms. The third kappa shape index (κ3) is 3.27. The Balaban J connectivity index is 2.25. The van der Waals surface area contributed by atoms with E-state index in [1.807, 2.05) is 0 Å². The molecule has 1 saturated heterocycles. The standard InChI is InChI=1S/C10H20N2O2/c1-3-4-5-10(13)12-8-6-11-7-9(8)14-2/h8-9,11H,3-7H2,1-2H3,(H,12,13)/t8?,9-/m0/s1. The first-order chi connectivity index (χ1) is 6.77. The topological polar surface area (TPSA) is 50.4 Å². The van der Waals surface area contributed by atoms with E-state index >= 15 is 0 Å². The Labute approximate surface area is 85.4 Å². The van der Waals surface area contributed by atoms with Gasteiger partial charge in [0, 0.05) is 26.6 Å². The highest BCUT2D eigenvalue weighted by Crippen LogP contribution is 2.04. The lowest BCUT2D eigenvalue weighted by Gasteiger charge is -2.18. The second-order valence-corrected chi connectivity index (χ2v) is 3.71. The number of nitrogens with one attached hydrogen (secondary N) is 2. The summed E-state index contributed by atoms with van der Waals surface area (Å²) in [6, 6.07) is 0.143. The highest BCUT2D eigenvalue weighted by atomic mass is 16.5. The van der Waals surface area contributed by atoms with Gasteiger partial charge >= 0.3 is 0 Å². The summed E-state index contributed by atoms with van der Waals surface area (Å²) in [5.41, 5.74) is 0. The Bertz CT molecular complexity index is 185. The number of rotatable bonds is 5. The maximum atomic E-state index is 11.4. The number of methoxy groups -OCH3 is 1. The van der Waals surface area contributed by atoms with Crippen molar-refractivity contribution in [2.45, 2.75) is 38.3 Å². The van der Waals surface area contributed by atoms with Crippen LogP contribution in [0.3, 0.4) is 0 Å². The average molecular weight is 200 g/mol. The van der Waals surface area contributed by atoms with Gasteiger partial charge in [0.25, 0.3) is 0 Å². The Hall–Kier alpha value is -0.610. The number of ether oxygens (including phenoxy) is 1. The Morgan fingerprint density at radius 3 is 3.00 bits per heavy atom. The first-order valence-corrected chi connectivity index (χ1v) is 5.30. The van der Waals surface area contributed by atoms with Crippen LogP contribution < -0.4 is 10.6 Å². The van der Waals surface area contributed by atoms with E-state index in [2.05, 4.69) is 17.6 Å². The summed E-state index contributed by atoms with van der Waals surface area (Å²) >= 11 is 0. The van der Waals surface area contributed by atoms with Gasteiger partial charge in [-0.1, -0.05) is 13.3 Å². The largest absolute Gasteiger partial charge is 0.378 e. The summed E-state index contributed by atoms with van der Waals surface area (Å²) < 4.78 is 5.25. The van der Waals surface area contributed by atoms with Gasteiger partial charge in [-0.25, -0.2) is 0 Å². The third-order valence-electron chi connectivity index (χ3n) is 2.57. The zero-order chi connectivity index (χ0) is 10.4. The first kappa shape index (κ1) is 11.5. The molecular weight excluding hydrogens is 180 g/mol. The number of amides is 1. The minimum absolute atomic E-state index is 0.126. The highest BCUT2D eigenvalue weighted by Gasteiger charge is 2.27. The molecule has 1 aliphatic rings. The summed E-state index contributed by atoms with van der Waals surface area (Å²) in [5.74, 6) is 0.141. The molecule has 0 aliphatic carbocycles. The van der Waals surface area contributed by atoms with Crippen LogP contribution in [0.15, 0.2) is 0 Å². The fourth-order valence-corrected chi connectivity index (χ4v) is 1.66. The molecule has 1 fully saturated rings. The predicted molar refractivity (Wildman–Crippen MR) is 55.1 cm³/mol. The van der Waals surface area contributed by atoms with E-state index in [0.717, 1.165) is 25.9 Å². The molecule has 1 unspecified atom stereocenters. The lowest BCUT2D eigenvalue weighted by molar-refractivity contribution is -0.122. The number of carbonyl (C=O) groups is 1. The van der Waals surface area contributed by atoms with Crippen molar-refractivity contribution < 1.29 is 9.53 Å². The van der Waals surface area contributed by atoms with Gasteiger partial charge in [0.2, 0.25) is 5.91 Å². The molecule has 0 aromatic heterocycles. The predicted octanol–water partition coefficient (Wildman–Crippen LogP) is 0.280. The van der Waals surface area contributed by atoms with E-state index in [4.69, 9.17) is 4.74 Å². The van der Waals surface area contributed by atoms with Crippen molar-refractivity contribution in [1.82, 2.24) is 10.6 Å². The molecule has 14 heavy (non-hydrogen) atoms. The van der Waals surface area contributed by atoms with Crippen molar-refractivity contribution in [2.75, 3.05) is 20.2 Å². The fourth-order valence-electron chi connectivity index (χ4n) is 1.66. The number of unbranched alkanes of at least 4 members (excludes halogenated alkanes) is 1. The van der Waals surface area contributed by atoms with Gasteiger partial charge in [0.05, 0.1) is 12.1 Å².